The maximum Gasteiger partial charge on any atom is 0.251 e. The molecule has 2 aromatic heterocycles. The zero-order chi connectivity index (χ0) is 24.2. The first kappa shape index (κ1) is 23.3. The minimum atomic E-state index is -0.158. The number of nitrogens with one attached hydrogen (secondary N) is 1. The predicted octanol–water partition coefficient (Wildman–Crippen LogP) is 5.28. The minimum absolute atomic E-state index is 0.158. The maximum atomic E-state index is 12.5. The fourth-order valence-electron chi connectivity index (χ4n) is 4.26. The van der Waals surface area contributed by atoms with E-state index < -0.39 is 0 Å². The predicted molar refractivity (Wildman–Crippen MR) is 138 cm³/mol. The summed E-state index contributed by atoms with van der Waals surface area (Å²) >= 11 is 12.0. The summed E-state index contributed by atoms with van der Waals surface area (Å²) in [5.41, 5.74) is 2.38. The number of carbonyl (C=O) groups is 1. The molecule has 0 radical (unpaired) electrons. The highest BCUT2D eigenvalue weighted by Gasteiger charge is 2.21. The van der Waals surface area contributed by atoms with E-state index in [0.717, 1.165) is 43.0 Å². The molecule has 1 saturated heterocycles. The van der Waals surface area contributed by atoms with Crippen LogP contribution in [0.5, 0.6) is 0 Å². The molecule has 2 aromatic carbocycles. The Morgan fingerprint density at radius 3 is 2.54 bits per heavy atom. The third kappa shape index (κ3) is 5.63. The summed E-state index contributed by atoms with van der Waals surface area (Å²) in [6.45, 7) is 2.35. The first-order valence-electron chi connectivity index (χ1n) is 11.5. The van der Waals surface area contributed by atoms with E-state index in [1.807, 2.05) is 47.3 Å². The second-order valence-electron chi connectivity index (χ2n) is 8.54. The second-order valence-corrected chi connectivity index (χ2v) is 9.41. The van der Waals surface area contributed by atoms with Crippen molar-refractivity contribution in [1.82, 2.24) is 25.1 Å². The fourth-order valence-corrected chi connectivity index (χ4v) is 4.79. The standard InChI is InChI=1S/C26H24Cl2N6O/c27-21-13-20(14-22(28)16-21)26(35)30-17-18-6-11-33(12-7-18)24-5-9-29-25(32-24)19-3-1-4-23(15-19)34-10-2-8-31-34/h1-5,8-10,13-16,18H,6-7,11-12,17H2,(H,30,35). The van der Waals surface area contributed by atoms with Crippen LogP contribution in [-0.4, -0.2) is 45.3 Å². The van der Waals surface area contributed by atoms with Gasteiger partial charge in [0.15, 0.2) is 5.82 Å². The molecule has 3 heterocycles. The highest BCUT2D eigenvalue weighted by atomic mass is 35.5. The zero-order valence-electron chi connectivity index (χ0n) is 18.9. The van der Waals surface area contributed by atoms with Crippen LogP contribution in [0.15, 0.2) is 73.2 Å². The number of aromatic nitrogens is 4. The van der Waals surface area contributed by atoms with E-state index in [0.29, 0.717) is 33.9 Å². The Kier molecular flexibility index (Phi) is 6.97. The lowest BCUT2D eigenvalue weighted by Crippen LogP contribution is -2.39. The van der Waals surface area contributed by atoms with Gasteiger partial charge in [-0.2, -0.15) is 5.10 Å². The van der Waals surface area contributed by atoms with Crippen molar-refractivity contribution in [1.29, 1.82) is 0 Å². The molecule has 5 rings (SSSR count). The highest BCUT2D eigenvalue weighted by Crippen LogP contribution is 2.25. The molecule has 1 aliphatic rings. The van der Waals surface area contributed by atoms with Crippen molar-refractivity contribution in [3.8, 4) is 17.1 Å². The van der Waals surface area contributed by atoms with Crippen molar-refractivity contribution in [2.45, 2.75) is 12.8 Å². The van der Waals surface area contributed by atoms with Gasteiger partial charge in [-0.25, -0.2) is 14.6 Å². The van der Waals surface area contributed by atoms with Crippen LogP contribution in [-0.2, 0) is 0 Å². The Morgan fingerprint density at radius 1 is 1.00 bits per heavy atom. The van der Waals surface area contributed by atoms with E-state index in [1.54, 1.807) is 30.6 Å². The molecule has 0 spiro atoms. The molecule has 0 saturated carbocycles. The molecule has 1 aliphatic heterocycles. The molecular formula is C26H24Cl2N6O. The van der Waals surface area contributed by atoms with Gasteiger partial charge in [-0.3, -0.25) is 4.79 Å². The van der Waals surface area contributed by atoms with Gasteiger partial charge in [0.2, 0.25) is 0 Å². The van der Waals surface area contributed by atoms with Crippen molar-refractivity contribution >= 4 is 34.9 Å². The smallest absolute Gasteiger partial charge is 0.251 e. The first-order valence-corrected chi connectivity index (χ1v) is 12.2. The molecule has 35 heavy (non-hydrogen) atoms. The van der Waals surface area contributed by atoms with Crippen molar-refractivity contribution in [3.63, 3.8) is 0 Å². The molecule has 0 aliphatic carbocycles. The maximum absolute atomic E-state index is 12.5. The number of amides is 1. The Labute approximate surface area is 213 Å². The normalized spacial score (nSPS) is 14.2. The molecule has 7 nitrogen and oxygen atoms in total. The Bertz CT molecular complexity index is 1300. The number of nitrogens with zero attached hydrogens (tertiary/aromatic N) is 5. The van der Waals surface area contributed by atoms with Crippen LogP contribution in [0.4, 0.5) is 5.82 Å². The molecule has 9 heteroatoms. The lowest BCUT2D eigenvalue weighted by Gasteiger charge is -2.33. The van der Waals surface area contributed by atoms with Crippen LogP contribution in [0.3, 0.4) is 0 Å². The number of piperidine rings is 1. The largest absolute Gasteiger partial charge is 0.356 e. The molecule has 1 amide bonds. The topological polar surface area (TPSA) is 75.9 Å². The minimum Gasteiger partial charge on any atom is -0.356 e. The van der Waals surface area contributed by atoms with Crippen molar-refractivity contribution in [3.05, 3.63) is 88.8 Å². The van der Waals surface area contributed by atoms with Crippen molar-refractivity contribution in [2.75, 3.05) is 24.5 Å². The molecule has 0 unspecified atom stereocenters. The third-order valence-electron chi connectivity index (χ3n) is 6.13. The number of halogens is 2. The van der Waals surface area contributed by atoms with Gasteiger partial charge >= 0.3 is 0 Å². The van der Waals surface area contributed by atoms with E-state index in [-0.39, 0.29) is 5.91 Å². The first-order chi connectivity index (χ1) is 17.0. The summed E-state index contributed by atoms with van der Waals surface area (Å²) in [6, 6.07) is 16.8. The van der Waals surface area contributed by atoms with E-state index in [1.165, 1.54) is 0 Å². The lowest BCUT2D eigenvalue weighted by atomic mass is 9.96. The van der Waals surface area contributed by atoms with Crippen LogP contribution >= 0.6 is 23.2 Å². The van der Waals surface area contributed by atoms with E-state index in [4.69, 9.17) is 28.2 Å². The van der Waals surface area contributed by atoms with Crippen LogP contribution in [0.25, 0.3) is 17.1 Å². The number of benzene rings is 2. The van der Waals surface area contributed by atoms with E-state index >= 15 is 0 Å². The fraction of sp³-hybridized carbons (Fsp3) is 0.231. The highest BCUT2D eigenvalue weighted by molar-refractivity contribution is 6.35. The van der Waals surface area contributed by atoms with Gasteiger partial charge < -0.3 is 10.2 Å². The SMILES string of the molecule is O=C(NCC1CCN(c2ccnc(-c3cccc(-n4cccn4)c3)n2)CC1)c1cc(Cl)cc(Cl)c1. The Morgan fingerprint density at radius 2 is 1.80 bits per heavy atom. The third-order valence-corrected chi connectivity index (χ3v) is 6.57. The lowest BCUT2D eigenvalue weighted by molar-refractivity contribution is 0.0945. The molecule has 0 atom stereocenters. The summed E-state index contributed by atoms with van der Waals surface area (Å²) in [5.74, 6) is 1.84. The van der Waals surface area contributed by atoms with Crippen LogP contribution in [0, 0.1) is 5.92 Å². The molecule has 178 valence electrons. The number of carbonyl (C=O) groups excluding carboxylic acids is 1. The molecular weight excluding hydrogens is 483 g/mol. The quantitative estimate of drug-likeness (QED) is 0.384. The molecule has 4 aromatic rings. The van der Waals surface area contributed by atoms with Gasteiger partial charge in [-0.05, 0) is 61.2 Å². The summed E-state index contributed by atoms with van der Waals surface area (Å²) in [6.07, 6.45) is 7.40. The Hall–Kier alpha value is -3.42. The van der Waals surface area contributed by atoms with Crippen LogP contribution in [0.2, 0.25) is 10.0 Å². The van der Waals surface area contributed by atoms with Gasteiger partial charge in [0.25, 0.3) is 5.91 Å². The Balaban J connectivity index is 1.19. The van der Waals surface area contributed by atoms with E-state index in [2.05, 4.69) is 20.3 Å². The summed E-state index contributed by atoms with van der Waals surface area (Å²) in [4.78, 5) is 24.1. The zero-order valence-corrected chi connectivity index (χ0v) is 20.5. The molecule has 1 fully saturated rings. The molecule has 0 bridgehead atoms. The number of hydrogen-bond acceptors (Lipinski definition) is 5. The number of hydrogen-bond donors (Lipinski definition) is 1. The number of rotatable bonds is 6. The average molecular weight is 507 g/mol. The molecule has 1 N–H and O–H groups in total. The van der Waals surface area contributed by atoms with Gasteiger partial charge in [0.1, 0.15) is 5.82 Å². The van der Waals surface area contributed by atoms with E-state index in [9.17, 15) is 4.79 Å². The van der Waals surface area contributed by atoms with Gasteiger partial charge in [0.05, 0.1) is 5.69 Å². The average Bonchev–Trinajstić information content (AvgIpc) is 3.42. The monoisotopic (exact) mass is 506 g/mol. The summed E-state index contributed by atoms with van der Waals surface area (Å²) in [7, 11) is 0. The van der Waals surface area contributed by atoms with Crippen LogP contribution in [0.1, 0.15) is 23.2 Å². The van der Waals surface area contributed by atoms with Gasteiger partial charge in [0, 0.05) is 59.4 Å². The van der Waals surface area contributed by atoms with Crippen molar-refractivity contribution in [2.24, 2.45) is 5.92 Å². The van der Waals surface area contributed by atoms with Crippen LogP contribution < -0.4 is 10.2 Å². The summed E-state index contributed by atoms with van der Waals surface area (Å²) in [5, 5.41) is 8.22. The number of anilines is 1. The van der Waals surface area contributed by atoms with Gasteiger partial charge in [-0.1, -0.05) is 35.3 Å². The van der Waals surface area contributed by atoms with Gasteiger partial charge in [-0.15, -0.1) is 0 Å². The summed E-state index contributed by atoms with van der Waals surface area (Å²) < 4.78 is 1.82. The second kappa shape index (κ2) is 10.5. The van der Waals surface area contributed by atoms with Crippen molar-refractivity contribution < 1.29 is 4.79 Å².